The maximum Gasteiger partial charge on any atom is 0.433 e. The van der Waals surface area contributed by atoms with Crippen molar-refractivity contribution in [2.45, 2.75) is 12.7 Å². The van der Waals surface area contributed by atoms with Crippen LogP contribution in [0.1, 0.15) is 11.3 Å². The van der Waals surface area contributed by atoms with Crippen LogP contribution in [0.2, 0.25) is 0 Å². The predicted molar refractivity (Wildman–Crippen MR) is 56.1 cm³/mol. The van der Waals surface area contributed by atoms with Gasteiger partial charge in [0.2, 0.25) is 0 Å². The highest BCUT2D eigenvalue weighted by molar-refractivity contribution is 5.79. The number of pyridine rings is 1. The Morgan fingerprint density at radius 2 is 2.12 bits per heavy atom. The van der Waals surface area contributed by atoms with E-state index in [0.29, 0.717) is 31.2 Å². The SMILES string of the molecule is NC1=NCCN1Cc1ccc(C(F)(F)F)nc1. The lowest BCUT2D eigenvalue weighted by atomic mass is 10.2. The molecular formula is C10H11F3N4. The number of rotatable bonds is 2. The minimum atomic E-state index is -4.40. The number of halogens is 3. The zero-order valence-electron chi connectivity index (χ0n) is 8.91. The topological polar surface area (TPSA) is 54.5 Å². The summed E-state index contributed by atoms with van der Waals surface area (Å²) in [6.07, 6.45) is -3.18. The van der Waals surface area contributed by atoms with Gasteiger partial charge in [-0.25, -0.2) is 0 Å². The van der Waals surface area contributed by atoms with Gasteiger partial charge in [-0.15, -0.1) is 0 Å². The minimum absolute atomic E-state index is 0.421. The second-order valence-electron chi connectivity index (χ2n) is 3.71. The second kappa shape index (κ2) is 4.23. The van der Waals surface area contributed by atoms with Gasteiger partial charge < -0.3 is 10.6 Å². The van der Waals surface area contributed by atoms with E-state index >= 15 is 0 Å². The van der Waals surface area contributed by atoms with Gasteiger partial charge in [-0.3, -0.25) is 9.98 Å². The molecule has 0 bridgehead atoms. The molecule has 0 spiro atoms. The van der Waals surface area contributed by atoms with E-state index in [1.165, 1.54) is 12.3 Å². The van der Waals surface area contributed by atoms with Gasteiger partial charge in [-0.2, -0.15) is 13.2 Å². The Morgan fingerprint density at radius 3 is 2.59 bits per heavy atom. The molecule has 1 aliphatic rings. The number of nitrogens with zero attached hydrogens (tertiary/aromatic N) is 3. The van der Waals surface area contributed by atoms with Crippen LogP contribution in [0.5, 0.6) is 0 Å². The first-order valence-electron chi connectivity index (χ1n) is 5.04. The maximum atomic E-state index is 12.3. The molecule has 2 heterocycles. The van der Waals surface area contributed by atoms with Crippen molar-refractivity contribution < 1.29 is 13.2 Å². The fourth-order valence-electron chi connectivity index (χ4n) is 1.57. The maximum absolute atomic E-state index is 12.3. The normalized spacial score (nSPS) is 16.2. The Labute approximate surface area is 96.0 Å². The summed E-state index contributed by atoms with van der Waals surface area (Å²) in [5.74, 6) is 0.421. The third-order valence-electron chi connectivity index (χ3n) is 2.46. The molecule has 0 unspecified atom stereocenters. The quantitative estimate of drug-likeness (QED) is 0.851. The van der Waals surface area contributed by atoms with Gasteiger partial charge in [0.05, 0.1) is 6.54 Å². The summed E-state index contributed by atoms with van der Waals surface area (Å²) in [4.78, 5) is 9.17. The molecule has 0 atom stereocenters. The highest BCUT2D eigenvalue weighted by Crippen LogP contribution is 2.27. The van der Waals surface area contributed by atoms with Crippen LogP contribution in [0.3, 0.4) is 0 Å². The second-order valence-corrected chi connectivity index (χ2v) is 3.71. The molecular weight excluding hydrogens is 233 g/mol. The molecule has 92 valence electrons. The third-order valence-corrected chi connectivity index (χ3v) is 2.46. The lowest BCUT2D eigenvalue weighted by Crippen LogP contribution is -2.33. The van der Waals surface area contributed by atoms with Crippen molar-refractivity contribution in [3.63, 3.8) is 0 Å². The van der Waals surface area contributed by atoms with Crippen molar-refractivity contribution in [1.29, 1.82) is 0 Å². The lowest BCUT2D eigenvalue weighted by molar-refractivity contribution is -0.141. The van der Waals surface area contributed by atoms with Crippen LogP contribution in [0.25, 0.3) is 0 Å². The average molecular weight is 244 g/mol. The highest BCUT2D eigenvalue weighted by Gasteiger charge is 2.32. The first-order valence-corrected chi connectivity index (χ1v) is 5.04. The number of aliphatic imine (C=N–C) groups is 1. The fraction of sp³-hybridized carbons (Fsp3) is 0.400. The lowest BCUT2D eigenvalue weighted by Gasteiger charge is -2.17. The molecule has 0 saturated carbocycles. The standard InChI is InChI=1S/C10H11F3N4/c11-10(12,13)8-2-1-7(5-16-8)6-17-4-3-15-9(17)14/h1-2,5H,3-4,6H2,(H2,14,15). The number of guanidine groups is 1. The molecule has 2 N–H and O–H groups in total. The third kappa shape index (κ3) is 2.66. The molecule has 1 aromatic heterocycles. The van der Waals surface area contributed by atoms with Crippen LogP contribution in [0.4, 0.5) is 13.2 Å². The van der Waals surface area contributed by atoms with E-state index in [-0.39, 0.29) is 0 Å². The number of hydrogen-bond acceptors (Lipinski definition) is 4. The molecule has 1 aromatic rings. The zero-order chi connectivity index (χ0) is 12.5. The number of aromatic nitrogens is 1. The Morgan fingerprint density at radius 1 is 1.35 bits per heavy atom. The highest BCUT2D eigenvalue weighted by atomic mass is 19.4. The van der Waals surface area contributed by atoms with E-state index in [0.717, 1.165) is 6.07 Å². The Balaban J connectivity index is 2.06. The van der Waals surface area contributed by atoms with Crippen LogP contribution in [0, 0.1) is 0 Å². The monoisotopic (exact) mass is 244 g/mol. The van der Waals surface area contributed by atoms with E-state index in [1.54, 1.807) is 4.90 Å². The summed E-state index contributed by atoms with van der Waals surface area (Å²) in [6.45, 7) is 1.74. The Hall–Kier alpha value is -1.79. The van der Waals surface area contributed by atoms with Crippen molar-refractivity contribution in [3.05, 3.63) is 29.6 Å². The molecule has 0 fully saturated rings. The largest absolute Gasteiger partial charge is 0.433 e. The van der Waals surface area contributed by atoms with Gasteiger partial charge in [-0.1, -0.05) is 6.07 Å². The number of hydrogen-bond donors (Lipinski definition) is 1. The van der Waals surface area contributed by atoms with Crippen molar-refractivity contribution in [3.8, 4) is 0 Å². The van der Waals surface area contributed by atoms with Crippen LogP contribution in [0.15, 0.2) is 23.3 Å². The van der Waals surface area contributed by atoms with E-state index in [9.17, 15) is 13.2 Å². The zero-order valence-corrected chi connectivity index (χ0v) is 8.91. The molecule has 4 nitrogen and oxygen atoms in total. The van der Waals surface area contributed by atoms with Gasteiger partial charge in [0, 0.05) is 19.3 Å². The molecule has 0 aromatic carbocycles. The summed E-state index contributed by atoms with van der Waals surface area (Å²) < 4.78 is 36.8. The van der Waals surface area contributed by atoms with Crippen molar-refractivity contribution in [2.24, 2.45) is 10.7 Å². The van der Waals surface area contributed by atoms with Crippen LogP contribution >= 0.6 is 0 Å². The fourth-order valence-corrected chi connectivity index (χ4v) is 1.57. The predicted octanol–water partition coefficient (Wildman–Crippen LogP) is 1.23. The molecule has 7 heteroatoms. The summed E-state index contributed by atoms with van der Waals surface area (Å²) in [5.41, 5.74) is 5.40. The van der Waals surface area contributed by atoms with E-state index in [2.05, 4.69) is 9.98 Å². The Bertz CT molecular complexity index is 424. The molecule has 1 aliphatic heterocycles. The summed E-state index contributed by atoms with van der Waals surface area (Å²) >= 11 is 0. The van der Waals surface area contributed by atoms with Gasteiger partial charge >= 0.3 is 6.18 Å². The first kappa shape index (κ1) is 11.7. The van der Waals surface area contributed by atoms with Crippen molar-refractivity contribution >= 4 is 5.96 Å². The molecule has 0 saturated heterocycles. The molecule has 0 radical (unpaired) electrons. The van der Waals surface area contributed by atoms with Gasteiger partial charge in [-0.05, 0) is 11.6 Å². The summed E-state index contributed by atoms with van der Waals surface area (Å²) in [5, 5.41) is 0. The van der Waals surface area contributed by atoms with E-state index in [4.69, 9.17) is 5.73 Å². The molecule has 17 heavy (non-hydrogen) atoms. The van der Waals surface area contributed by atoms with Crippen LogP contribution in [-0.2, 0) is 12.7 Å². The van der Waals surface area contributed by atoms with Gasteiger partial charge in [0.1, 0.15) is 5.69 Å². The van der Waals surface area contributed by atoms with Gasteiger partial charge in [0.25, 0.3) is 0 Å². The van der Waals surface area contributed by atoms with E-state index < -0.39 is 11.9 Å². The summed E-state index contributed by atoms with van der Waals surface area (Å²) in [6, 6.07) is 2.38. The van der Waals surface area contributed by atoms with E-state index in [1.807, 2.05) is 0 Å². The van der Waals surface area contributed by atoms with Crippen LogP contribution in [-0.4, -0.2) is 28.9 Å². The van der Waals surface area contributed by atoms with Crippen LogP contribution < -0.4 is 5.73 Å². The molecule has 2 rings (SSSR count). The number of nitrogens with two attached hydrogens (primary N) is 1. The van der Waals surface area contributed by atoms with Gasteiger partial charge in [0.15, 0.2) is 5.96 Å². The number of alkyl halides is 3. The van der Waals surface area contributed by atoms with Crippen molar-refractivity contribution in [1.82, 2.24) is 9.88 Å². The average Bonchev–Trinajstić information content (AvgIpc) is 2.64. The molecule has 0 amide bonds. The van der Waals surface area contributed by atoms with Crippen molar-refractivity contribution in [2.75, 3.05) is 13.1 Å². The minimum Gasteiger partial charge on any atom is -0.370 e. The smallest absolute Gasteiger partial charge is 0.370 e. The summed E-state index contributed by atoms with van der Waals surface area (Å²) in [7, 11) is 0. The first-order chi connectivity index (χ1) is 7.97. The molecule has 0 aliphatic carbocycles. The Kier molecular flexibility index (Phi) is 2.91.